The molecule has 0 aromatic carbocycles. The topological polar surface area (TPSA) is 38.1 Å². The predicted molar refractivity (Wildman–Crippen MR) is 73.2 cm³/mol. The smallest absolute Gasteiger partial charge is 0.0574 e. The molecule has 1 aliphatic carbocycles. The van der Waals surface area contributed by atoms with Crippen LogP contribution in [0.3, 0.4) is 0 Å². The van der Waals surface area contributed by atoms with E-state index in [0.29, 0.717) is 11.8 Å². The molecule has 18 heavy (non-hydrogen) atoms. The summed E-state index contributed by atoms with van der Waals surface area (Å²) in [5.74, 6) is 1.04. The zero-order valence-corrected chi connectivity index (χ0v) is 11.6. The van der Waals surface area contributed by atoms with Gasteiger partial charge in [0, 0.05) is 13.2 Å². The van der Waals surface area contributed by atoms with Crippen molar-refractivity contribution in [1.29, 1.82) is 0 Å². The average Bonchev–Trinajstić information content (AvgIpc) is 2.70. The fraction of sp³-hybridized carbons (Fsp3) is 0.667. The standard InChI is InChI=1S/C15H24N2O/c1-11-6-12(2)8-14(7-11)15(18)5-4-13-9-16-17(3)10-13/h6,9-11,14-15,18H,4-5,7-8H2,1-3H3. The Morgan fingerprint density at radius 3 is 2.94 bits per heavy atom. The van der Waals surface area contributed by atoms with E-state index >= 15 is 0 Å². The van der Waals surface area contributed by atoms with Crippen LogP contribution >= 0.6 is 0 Å². The van der Waals surface area contributed by atoms with Crippen LogP contribution in [0.25, 0.3) is 0 Å². The molecule has 0 bridgehead atoms. The first-order valence-corrected chi connectivity index (χ1v) is 6.87. The molecule has 0 saturated carbocycles. The maximum absolute atomic E-state index is 10.3. The number of hydrogen-bond acceptors (Lipinski definition) is 2. The summed E-state index contributed by atoms with van der Waals surface area (Å²) in [6.07, 6.45) is 10.0. The van der Waals surface area contributed by atoms with Gasteiger partial charge in [0.2, 0.25) is 0 Å². The Morgan fingerprint density at radius 1 is 1.56 bits per heavy atom. The Kier molecular flexibility index (Phi) is 4.23. The van der Waals surface area contributed by atoms with Gasteiger partial charge in [-0.05, 0) is 50.0 Å². The number of aromatic nitrogens is 2. The van der Waals surface area contributed by atoms with Crippen LogP contribution in [0.15, 0.2) is 24.0 Å². The molecule has 1 heterocycles. The van der Waals surface area contributed by atoms with Gasteiger partial charge in [-0.15, -0.1) is 0 Å². The number of allylic oxidation sites excluding steroid dienone is 2. The van der Waals surface area contributed by atoms with Gasteiger partial charge >= 0.3 is 0 Å². The fourth-order valence-electron chi connectivity index (χ4n) is 3.04. The third kappa shape index (κ3) is 3.45. The maximum atomic E-state index is 10.3. The molecule has 0 saturated heterocycles. The maximum Gasteiger partial charge on any atom is 0.0574 e. The second-order valence-electron chi connectivity index (χ2n) is 5.82. The quantitative estimate of drug-likeness (QED) is 0.832. The van der Waals surface area contributed by atoms with E-state index in [1.807, 2.05) is 24.1 Å². The third-order valence-corrected chi connectivity index (χ3v) is 3.86. The zero-order valence-electron chi connectivity index (χ0n) is 11.6. The molecule has 100 valence electrons. The minimum absolute atomic E-state index is 0.184. The number of aliphatic hydroxyl groups is 1. The molecule has 3 nitrogen and oxygen atoms in total. The van der Waals surface area contributed by atoms with E-state index in [4.69, 9.17) is 0 Å². The molecule has 3 unspecified atom stereocenters. The SMILES string of the molecule is CC1=CC(C)CC(C(O)CCc2cnn(C)c2)C1. The van der Waals surface area contributed by atoms with Gasteiger partial charge in [0.25, 0.3) is 0 Å². The summed E-state index contributed by atoms with van der Waals surface area (Å²) < 4.78 is 1.82. The van der Waals surface area contributed by atoms with Crippen LogP contribution in [0, 0.1) is 11.8 Å². The highest BCUT2D eigenvalue weighted by molar-refractivity contribution is 5.08. The molecule has 1 N–H and O–H groups in total. The summed E-state index contributed by atoms with van der Waals surface area (Å²) in [4.78, 5) is 0. The minimum atomic E-state index is -0.184. The molecule has 0 amide bonds. The number of nitrogens with zero attached hydrogens (tertiary/aromatic N) is 2. The minimum Gasteiger partial charge on any atom is -0.393 e. The van der Waals surface area contributed by atoms with Gasteiger partial charge in [-0.2, -0.15) is 5.10 Å². The normalized spacial score (nSPS) is 25.9. The number of hydrogen-bond donors (Lipinski definition) is 1. The Morgan fingerprint density at radius 2 is 2.33 bits per heavy atom. The summed E-state index contributed by atoms with van der Waals surface area (Å²) >= 11 is 0. The Labute approximate surface area is 110 Å². The van der Waals surface area contributed by atoms with Crippen LogP contribution in [0.5, 0.6) is 0 Å². The summed E-state index contributed by atoms with van der Waals surface area (Å²) in [5.41, 5.74) is 2.65. The van der Waals surface area contributed by atoms with Crippen molar-refractivity contribution in [3.63, 3.8) is 0 Å². The average molecular weight is 248 g/mol. The molecule has 0 fully saturated rings. The highest BCUT2D eigenvalue weighted by atomic mass is 16.3. The Balaban J connectivity index is 1.85. The molecule has 0 spiro atoms. The highest BCUT2D eigenvalue weighted by Gasteiger charge is 2.24. The van der Waals surface area contributed by atoms with Crippen molar-refractivity contribution < 1.29 is 5.11 Å². The van der Waals surface area contributed by atoms with Gasteiger partial charge in [0.05, 0.1) is 12.3 Å². The van der Waals surface area contributed by atoms with Crippen LogP contribution in [-0.4, -0.2) is 21.0 Å². The first kappa shape index (κ1) is 13.3. The van der Waals surface area contributed by atoms with E-state index < -0.39 is 0 Å². The largest absolute Gasteiger partial charge is 0.393 e. The lowest BCUT2D eigenvalue weighted by Gasteiger charge is -2.29. The lowest BCUT2D eigenvalue weighted by Crippen LogP contribution is -2.25. The highest BCUT2D eigenvalue weighted by Crippen LogP contribution is 2.31. The van der Waals surface area contributed by atoms with Crippen LogP contribution in [0.2, 0.25) is 0 Å². The molecule has 0 radical (unpaired) electrons. The van der Waals surface area contributed by atoms with Gasteiger partial charge in [0.1, 0.15) is 0 Å². The van der Waals surface area contributed by atoms with Gasteiger partial charge in [-0.25, -0.2) is 0 Å². The number of rotatable bonds is 4. The fourth-order valence-corrected chi connectivity index (χ4v) is 3.04. The Hall–Kier alpha value is -1.09. The van der Waals surface area contributed by atoms with Gasteiger partial charge in [-0.3, -0.25) is 4.68 Å². The zero-order chi connectivity index (χ0) is 13.1. The first-order valence-electron chi connectivity index (χ1n) is 6.87. The summed E-state index contributed by atoms with van der Waals surface area (Å²) in [6, 6.07) is 0. The van der Waals surface area contributed by atoms with Gasteiger partial charge in [0.15, 0.2) is 0 Å². The molecule has 1 aliphatic rings. The lowest BCUT2D eigenvalue weighted by atomic mass is 9.79. The van der Waals surface area contributed by atoms with Gasteiger partial charge in [-0.1, -0.05) is 18.6 Å². The molecule has 1 aromatic rings. The van der Waals surface area contributed by atoms with Crippen molar-refractivity contribution in [3.8, 4) is 0 Å². The van der Waals surface area contributed by atoms with Crippen LogP contribution in [0.4, 0.5) is 0 Å². The molecular formula is C15H24N2O. The van der Waals surface area contributed by atoms with Crippen LogP contribution < -0.4 is 0 Å². The summed E-state index contributed by atoms with van der Waals surface area (Å²) in [5, 5.41) is 14.5. The third-order valence-electron chi connectivity index (χ3n) is 3.86. The number of aliphatic hydroxyl groups excluding tert-OH is 1. The predicted octanol–water partition coefficient (Wildman–Crippen LogP) is 2.71. The van der Waals surface area contributed by atoms with Crippen LogP contribution in [-0.2, 0) is 13.5 Å². The van der Waals surface area contributed by atoms with Crippen molar-refractivity contribution in [2.24, 2.45) is 18.9 Å². The van der Waals surface area contributed by atoms with Crippen molar-refractivity contribution in [2.45, 2.75) is 45.6 Å². The van der Waals surface area contributed by atoms with E-state index in [1.54, 1.807) is 0 Å². The van der Waals surface area contributed by atoms with E-state index in [-0.39, 0.29) is 6.10 Å². The molecule has 0 aliphatic heterocycles. The van der Waals surface area contributed by atoms with Crippen molar-refractivity contribution in [1.82, 2.24) is 9.78 Å². The van der Waals surface area contributed by atoms with E-state index in [9.17, 15) is 5.11 Å². The van der Waals surface area contributed by atoms with E-state index in [1.165, 1.54) is 11.1 Å². The Bertz CT molecular complexity index is 422. The number of aryl methyl sites for hydroxylation is 2. The molecular weight excluding hydrogens is 224 g/mol. The summed E-state index contributed by atoms with van der Waals surface area (Å²) in [6.45, 7) is 4.42. The van der Waals surface area contributed by atoms with Crippen LogP contribution in [0.1, 0.15) is 38.7 Å². The van der Waals surface area contributed by atoms with Gasteiger partial charge < -0.3 is 5.11 Å². The lowest BCUT2D eigenvalue weighted by molar-refractivity contribution is 0.0853. The van der Waals surface area contributed by atoms with Crippen molar-refractivity contribution in [2.75, 3.05) is 0 Å². The van der Waals surface area contributed by atoms with E-state index in [2.05, 4.69) is 25.0 Å². The molecule has 1 aromatic heterocycles. The van der Waals surface area contributed by atoms with Crippen molar-refractivity contribution in [3.05, 3.63) is 29.6 Å². The molecule has 3 heteroatoms. The monoisotopic (exact) mass is 248 g/mol. The van der Waals surface area contributed by atoms with E-state index in [0.717, 1.165) is 25.7 Å². The molecule has 2 rings (SSSR count). The van der Waals surface area contributed by atoms with Crippen molar-refractivity contribution >= 4 is 0 Å². The summed E-state index contributed by atoms with van der Waals surface area (Å²) in [7, 11) is 1.93. The second kappa shape index (κ2) is 5.70. The second-order valence-corrected chi connectivity index (χ2v) is 5.82. The molecule has 3 atom stereocenters. The first-order chi connectivity index (χ1) is 8.54.